The molecule has 2 rings (SSSR count). The normalized spacial score (nSPS) is 26.8. The van der Waals surface area contributed by atoms with E-state index in [0.29, 0.717) is 6.04 Å². The topological polar surface area (TPSA) is 27.3 Å². The highest BCUT2D eigenvalue weighted by atomic mass is 15.2. The number of nitrogens with one attached hydrogen (secondary N) is 2. The first-order valence-electron chi connectivity index (χ1n) is 7.04. The summed E-state index contributed by atoms with van der Waals surface area (Å²) in [4.78, 5) is 2.60. The van der Waals surface area contributed by atoms with Crippen molar-refractivity contribution in [2.75, 3.05) is 32.7 Å². The van der Waals surface area contributed by atoms with Gasteiger partial charge in [-0.2, -0.15) is 0 Å². The molecule has 2 N–H and O–H groups in total. The van der Waals surface area contributed by atoms with Crippen molar-refractivity contribution in [3.05, 3.63) is 0 Å². The van der Waals surface area contributed by atoms with Crippen molar-refractivity contribution < 1.29 is 0 Å². The van der Waals surface area contributed by atoms with Gasteiger partial charge in [0.15, 0.2) is 0 Å². The summed E-state index contributed by atoms with van der Waals surface area (Å²) >= 11 is 0. The van der Waals surface area contributed by atoms with E-state index < -0.39 is 0 Å². The zero-order valence-electron chi connectivity index (χ0n) is 10.7. The van der Waals surface area contributed by atoms with E-state index >= 15 is 0 Å². The van der Waals surface area contributed by atoms with Crippen molar-refractivity contribution in [1.29, 1.82) is 0 Å². The Kier molecular flexibility index (Phi) is 5.07. The molecule has 0 spiro atoms. The molecule has 0 aromatic carbocycles. The van der Waals surface area contributed by atoms with Crippen molar-refractivity contribution in [2.24, 2.45) is 0 Å². The van der Waals surface area contributed by atoms with Crippen LogP contribution in [0.4, 0.5) is 0 Å². The summed E-state index contributed by atoms with van der Waals surface area (Å²) in [6, 6.07) is 1.50. The second-order valence-corrected chi connectivity index (χ2v) is 5.38. The average molecular weight is 225 g/mol. The summed E-state index contributed by atoms with van der Waals surface area (Å²) in [6.45, 7) is 8.29. The zero-order valence-corrected chi connectivity index (χ0v) is 10.7. The van der Waals surface area contributed by atoms with Crippen LogP contribution in [0.25, 0.3) is 0 Å². The van der Waals surface area contributed by atoms with Gasteiger partial charge in [-0.3, -0.25) is 4.90 Å². The molecule has 1 aliphatic heterocycles. The first kappa shape index (κ1) is 12.3. The SMILES string of the molecule is CC(CNC1CCCCC1)N1CCNCC1. The molecule has 0 aromatic heterocycles. The van der Waals surface area contributed by atoms with Gasteiger partial charge in [-0.05, 0) is 19.8 Å². The summed E-state index contributed by atoms with van der Waals surface area (Å²) < 4.78 is 0. The highest BCUT2D eigenvalue weighted by molar-refractivity contribution is 4.78. The van der Waals surface area contributed by atoms with Crippen molar-refractivity contribution in [1.82, 2.24) is 15.5 Å². The van der Waals surface area contributed by atoms with Gasteiger partial charge in [-0.15, -0.1) is 0 Å². The van der Waals surface area contributed by atoms with Crippen molar-refractivity contribution in [3.8, 4) is 0 Å². The maximum absolute atomic E-state index is 3.76. The van der Waals surface area contributed by atoms with Gasteiger partial charge < -0.3 is 10.6 Å². The molecule has 16 heavy (non-hydrogen) atoms. The molecule has 0 aromatic rings. The second kappa shape index (κ2) is 6.58. The molecular formula is C13H27N3. The third-order valence-electron chi connectivity index (χ3n) is 4.08. The van der Waals surface area contributed by atoms with Crippen LogP contribution in [0.1, 0.15) is 39.0 Å². The maximum atomic E-state index is 3.76. The predicted molar refractivity (Wildman–Crippen MR) is 68.8 cm³/mol. The minimum Gasteiger partial charge on any atom is -0.314 e. The molecular weight excluding hydrogens is 198 g/mol. The molecule has 1 unspecified atom stereocenters. The van der Waals surface area contributed by atoms with E-state index in [1.807, 2.05) is 0 Å². The second-order valence-electron chi connectivity index (χ2n) is 5.38. The predicted octanol–water partition coefficient (Wildman–Crippen LogP) is 1.20. The van der Waals surface area contributed by atoms with Gasteiger partial charge in [0.05, 0.1) is 0 Å². The smallest absolute Gasteiger partial charge is 0.0193 e. The molecule has 0 amide bonds. The average Bonchev–Trinajstić information content (AvgIpc) is 2.38. The minimum absolute atomic E-state index is 0.698. The van der Waals surface area contributed by atoms with Crippen molar-refractivity contribution in [3.63, 3.8) is 0 Å². The molecule has 1 heterocycles. The van der Waals surface area contributed by atoms with Gasteiger partial charge in [0.2, 0.25) is 0 Å². The van der Waals surface area contributed by atoms with Gasteiger partial charge in [-0.25, -0.2) is 0 Å². The summed E-state index contributed by atoms with van der Waals surface area (Å²) in [6.07, 6.45) is 7.10. The van der Waals surface area contributed by atoms with Gasteiger partial charge in [0.25, 0.3) is 0 Å². The van der Waals surface area contributed by atoms with E-state index in [9.17, 15) is 0 Å². The van der Waals surface area contributed by atoms with Crippen LogP contribution in [0.2, 0.25) is 0 Å². The standard InChI is InChI=1S/C13H27N3/c1-12(16-9-7-14-8-10-16)11-15-13-5-3-2-4-6-13/h12-15H,2-11H2,1H3. The molecule has 1 saturated heterocycles. The molecule has 1 saturated carbocycles. The Morgan fingerprint density at radius 1 is 1.19 bits per heavy atom. The number of rotatable bonds is 4. The van der Waals surface area contributed by atoms with E-state index in [1.54, 1.807) is 0 Å². The van der Waals surface area contributed by atoms with Gasteiger partial charge >= 0.3 is 0 Å². The van der Waals surface area contributed by atoms with Crippen LogP contribution in [0.3, 0.4) is 0 Å². The fourth-order valence-electron chi connectivity index (χ4n) is 2.90. The first-order valence-corrected chi connectivity index (χ1v) is 7.04. The number of nitrogens with zero attached hydrogens (tertiary/aromatic N) is 1. The summed E-state index contributed by atoms with van der Waals surface area (Å²) in [5.74, 6) is 0. The van der Waals surface area contributed by atoms with Crippen LogP contribution in [-0.2, 0) is 0 Å². The lowest BCUT2D eigenvalue weighted by molar-refractivity contribution is 0.175. The Balaban J connectivity index is 1.63. The number of piperazine rings is 1. The molecule has 2 fully saturated rings. The van der Waals surface area contributed by atoms with E-state index in [-0.39, 0.29) is 0 Å². The fraction of sp³-hybridized carbons (Fsp3) is 1.00. The van der Waals surface area contributed by atoms with Crippen molar-refractivity contribution in [2.45, 2.75) is 51.1 Å². The highest BCUT2D eigenvalue weighted by Gasteiger charge is 2.18. The fourth-order valence-corrected chi connectivity index (χ4v) is 2.90. The van der Waals surface area contributed by atoms with E-state index in [2.05, 4.69) is 22.5 Å². The van der Waals surface area contributed by atoms with Gasteiger partial charge in [0.1, 0.15) is 0 Å². The van der Waals surface area contributed by atoms with E-state index in [1.165, 1.54) is 51.7 Å². The minimum atomic E-state index is 0.698. The Morgan fingerprint density at radius 3 is 2.56 bits per heavy atom. The molecule has 2 aliphatic rings. The van der Waals surface area contributed by atoms with Gasteiger partial charge in [-0.1, -0.05) is 19.3 Å². The van der Waals surface area contributed by atoms with Crippen LogP contribution >= 0.6 is 0 Å². The largest absolute Gasteiger partial charge is 0.314 e. The maximum Gasteiger partial charge on any atom is 0.0193 e. The van der Waals surface area contributed by atoms with E-state index in [0.717, 1.165) is 19.1 Å². The molecule has 0 bridgehead atoms. The monoisotopic (exact) mass is 225 g/mol. The lowest BCUT2D eigenvalue weighted by Gasteiger charge is -2.34. The lowest BCUT2D eigenvalue weighted by atomic mass is 9.95. The Labute approximate surface area is 100.0 Å². The van der Waals surface area contributed by atoms with Crippen molar-refractivity contribution >= 4 is 0 Å². The molecule has 1 aliphatic carbocycles. The molecule has 3 nitrogen and oxygen atoms in total. The summed E-state index contributed by atoms with van der Waals surface area (Å²) in [5.41, 5.74) is 0. The van der Waals surface area contributed by atoms with Crippen LogP contribution in [-0.4, -0.2) is 49.7 Å². The van der Waals surface area contributed by atoms with E-state index in [4.69, 9.17) is 0 Å². The molecule has 94 valence electrons. The summed E-state index contributed by atoms with van der Waals surface area (Å²) in [5, 5.41) is 7.17. The van der Waals surface area contributed by atoms with Crippen LogP contribution < -0.4 is 10.6 Å². The lowest BCUT2D eigenvalue weighted by Crippen LogP contribution is -2.51. The van der Waals surface area contributed by atoms with Gasteiger partial charge in [0, 0.05) is 44.8 Å². The number of hydrogen-bond acceptors (Lipinski definition) is 3. The highest BCUT2D eigenvalue weighted by Crippen LogP contribution is 2.17. The Morgan fingerprint density at radius 2 is 1.88 bits per heavy atom. The summed E-state index contributed by atoms with van der Waals surface area (Å²) in [7, 11) is 0. The third-order valence-corrected chi connectivity index (χ3v) is 4.08. The van der Waals surface area contributed by atoms with Crippen LogP contribution in [0.15, 0.2) is 0 Å². The third kappa shape index (κ3) is 3.72. The Hall–Kier alpha value is -0.120. The molecule has 0 radical (unpaired) electrons. The first-order chi connectivity index (χ1) is 7.86. The number of hydrogen-bond donors (Lipinski definition) is 2. The quantitative estimate of drug-likeness (QED) is 0.753. The molecule has 1 atom stereocenters. The molecule has 3 heteroatoms. The van der Waals surface area contributed by atoms with Crippen LogP contribution in [0, 0.1) is 0 Å². The zero-order chi connectivity index (χ0) is 11.2. The van der Waals surface area contributed by atoms with Crippen LogP contribution in [0.5, 0.6) is 0 Å². The Bertz CT molecular complexity index is 184.